The summed E-state index contributed by atoms with van der Waals surface area (Å²) in [5.41, 5.74) is 11.9. The number of nitrogens with zero attached hydrogens (tertiary/aromatic N) is 8. The highest BCUT2D eigenvalue weighted by Crippen LogP contribution is 2.29. The number of amides is 2. The summed E-state index contributed by atoms with van der Waals surface area (Å²) in [6.07, 6.45) is 9.33. The number of likely N-dealkylation sites (N-methyl/N-ethyl adjacent to an activating group) is 2. The van der Waals surface area contributed by atoms with Crippen molar-refractivity contribution in [3.05, 3.63) is 84.4 Å². The second-order valence-electron chi connectivity index (χ2n) is 18.9. The van der Waals surface area contributed by atoms with Crippen molar-refractivity contribution in [2.24, 2.45) is 0 Å². The Hall–Kier alpha value is -6.78. The number of H-pyrrole nitrogens is 4. The molecule has 8 aromatic rings. The van der Waals surface area contributed by atoms with Crippen LogP contribution in [0.2, 0.25) is 0 Å². The van der Waals surface area contributed by atoms with E-state index in [9.17, 15) is 9.59 Å². The normalized spacial score (nSPS) is 15.1. The van der Waals surface area contributed by atoms with Crippen LogP contribution in [0.5, 0.6) is 0 Å². The summed E-state index contributed by atoms with van der Waals surface area (Å²) in [6, 6.07) is 25.1. The molecule has 6 heterocycles. The molecule has 0 radical (unpaired) electrons. The first-order valence-corrected chi connectivity index (χ1v) is 24.6. The van der Waals surface area contributed by atoms with Crippen molar-refractivity contribution in [2.45, 2.75) is 77.3 Å². The molecule has 4 aromatic heterocycles. The van der Waals surface area contributed by atoms with Gasteiger partial charge in [-0.2, -0.15) is 0 Å². The van der Waals surface area contributed by atoms with Crippen LogP contribution in [0.1, 0.15) is 75.9 Å². The minimum Gasteiger partial charge on any atom is -0.369 e. The topological polar surface area (TPSA) is 186 Å². The summed E-state index contributed by atoms with van der Waals surface area (Å²) in [4.78, 5) is 67.9. The van der Waals surface area contributed by atoms with Crippen LogP contribution < -0.4 is 20.4 Å². The molecule has 0 atom stereocenters. The molecule has 10 rings (SSSR count). The molecule has 0 spiro atoms. The largest absolute Gasteiger partial charge is 0.369 e. The third kappa shape index (κ3) is 10.8. The van der Waals surface area contributed by atoms with Crippen LogP contribution in [-0.2, 0) is 22.7 Å². The highest BCUT2D eigenvalue weighted by Gasteiger charge is 2.18. The molecule has 16 heteroatoms. The first-order valence-electron chi connectivity index (χ1n) is 24.6. The van der Waals surface area contributed by atoms with Crippen molar-refractivity contribution < 1.29 is 9.59 Å². The molecular formula is C52H64N14O2. The lowest BCUT2D eigenvalue weighted by molar-refractivity contribution is -0.122. The molecule has 0 unspecified atom stereocenters. The van der Waals surface area contributed by atoms with E-state index in [1.54, 1.807) is 0 Å². The summed E-state index contributed by atoms with van der Waals surface area (Å²) in [5.74, 6) is 3.21. The maximum atomic E-state index is 12.6. The van der Waals surface area contributed by atoms with Gasteiger partial charge in [0.1, 0.15) is 23.3 Å². The summed E-state index contributed by atoms with van der Waals surface area (Å²) in [5, 5.41) is 6.07. The van der Waals surface area contributed by atoms with Gasteiger partial charge in [-0.3, -0.25) is 9.59 Å². The van der Waals surface area contributed by atoms with E-state index in [1.807, 2.05) is 24.3 Å². The Morgan fingerprint density at radius 3 is 1.25 bits per heavy atom. The summed E-state index contributed by atoms with van der Waals surface area (Å²) >= 11 is 0. The molecule has 0 aliphatic carbocycles. The van der Waals surface area contributed by atoms with E-state index in [0.29, 0.717) is 25.9 Å². The zero-order valence-electron chi connectivity index (χ0n) is 39.5. The van der Waals surface area contributed by atoms with E-state index in [0.717, 1.165) is 182 Å². The minimum atomic E-state index is 0.0474. The third-order valence-electron chi connectivity index (χ3n) is 13.7. The predicted octanol–water partition coefficient (Wildman–Crippen LogP) is 7.86. The fourth-order valence-electron chi connectivity index (χ4n) is 9.55. The highest BCUT2D eigenvalue weighted by molar-refractivity contribution is 5.87. The van der Waals surface area contributed by atoms with E-state index in [2.05, 4.69) is 113 Å². The van der Waals surface area contributed by atoms with E-state index in [-0.39, 0.29) is 11.8 Å². The minimum absolute atomic E-state index is 0.0474. The van der Waals surface area contributed by atoms with Crippen molar-refractivity contribution in [3.8, 4) is 22.8 Å². The zero-order chi connectivity index (χ0) is 46.4. The molecule has 0 saturated carbocycles. The van der Waals surface area contributed by atoms with E-state index >= 15 is 0 Å². The number of rotatable bonds is 19. The number of fused-ring (bicyclic) bond motifs is 4. The van der Waals surface area contributed by atoms with Gasteiger partial charge < -0.3 is 50.2 Å². The Labute approximate surface area is 396 Å². The van der Waals surface area contributed by atoms with E-state index < -0.39 is 0 Å². The van der Waals surface area contributed by atoms with Crippen molar-refractivity contribution >= 4 is 67.3 Å². The average molecular weight is 917 g/mol. The SMILES string of the molecule is CN1CCN(c2ccc3nc(-c4ccc5nc(CNC(=O)CCCCCCCCCCC(=O)NCc6nc7ccc(-c8nc9ccc(N%10CCN(C)CC%10)cc9[nH]8)cc7[nH]6)[nH]c5c4)[nH]c3c2)CC1. The van der Waals surface area contributed by atoms with Gasteiger partial charge in [0.05, 0.1) is 57.2 Å². The van der Waals surface area contributed by atoms with E-state index in [4.69, 9.17) is 19.9 Å². The second-order valence-corrected chi connectivity index (χ2v) is 18.9. The number of carbonyl (C=O) groups excluding carboxylic acids is 2. The Morgan fingerprint density at radius 1 is 0.456 bits per heavy atom. The third-order valence-corrected chi connectivity index (χ3v) is 13.7. The summed E-state index contributed by atoms with van der Waals surface area (Å²) in [6.45, 7) is 9.11. The number of nitrogens with one attached hydrogen (secondary N) is 6. The van der Waals surface area contributed by atoms with Crippen LogP contribution in [0.25, 0.3) is 66.9 Å². The molecule has 68 heavy (non-hydrogen) atoms. The van der Waals surface area contributed by atoms with Gasteiger partial charge in [-0.25, -0.2) is 19.9 Å². The number of anilines is 2. The first-order chi connectivity index (χ1) is 33.3. The average Bonchev–Trinajstić information content (AvgIpc) is 4.17. The molecule has 354 valence electrons. The number of hydrogen-bond acceptors (Lipinski definition) is 10. The smallest absolute Gasteiger partial charge is 0.220 e. The highest BCUT2D eigenvalue weighted by atomic mass is 16.2. The predicted molar refractivity (Wildman–Crippen MR) is 272 cm³/mol. The number of aromatic amines is 4. The second kappa shape index (κ2) is 20.6. The lowest BCUT2D eigenvalue weighted by Crippen LogP contribution is -2.44. The molecule has 16 nitrogen and oxygen atoms in total. The van der Waals surface area contributed by atoms with Gasteiger partial charge in [0, 0.05) is 87.7 Å². The Kier molecular flexibility index (Phi) is 13.6. The van der Waals surface area contributed by atoms with Crippen LogP contribution in [0.15, 0.2) is 72.8 Å². The number of benzene rings is 4. The van der Waals surface area contributed by atoms with Crippen LogP contribution in [0.3, 0.4) is 0 Å². The number of carbonyl (C=O) groups is 2. The van der Waals surface area contributed by atoms with Gasteiger partial charge in [-0.15, -0.1) is 0 Å². The molecule has 4 aromatic carbocycles. The summed E-state index contributed by atoms with van der Waals surface area (Å²) in [7, 11) is 4.35. The summed E-state index contributed by atoms with van der Waals surface area (Å²) < 4.78 is 0. The molecule has 2 aliphatic rings. The van der Waals surface area contributed by atoms with Crippen LogP contribution in [-0.4, -0.2) is 128 Å². The van der Waals surface area contributed by atoms with Crippen LogP contribution in [0, 0.1) is 0 Å². The Morgan fingerprint density at radius 2 is 0.824 bits per heavy atom. The number of aromatic nitrogens is 8. The van der Waals surface area contributed by atoms with E-state index in [1.165, 1.54) is 11.4 Å². The number of hydrogen-bond donors (Lipinski definition) is 6. The lowest BCUT2D eigenvalue weighted by atomic mass is 10.1. The van der Waals surface area contributed by atoms with Crippen molar-refractivity contribution in [1.29, 1.82) is 0 Å². The quantitative estimate of drug-likeness (QED) is 0.0437. The van der Waals surface area contributed by atoms with Crippen molar-refractivity contribution in [1.82, 2.24) is 60.3 Å². The van der Waals surface area contributed by atoms with Gasteiger partial charge >= 0.3 is 0 Å². The molecule has 2 amide bonds. The van der Waals surface area contributed by atoms with Crippen LogP contribution in [0.4, 0.5) is 11.4 Å². The molecule has 2 aliphatic heterocycles. The number of unbranched alkanes of at least 4 members (excludes halogenated alkanes) is 7. The first kappa shape index (κ1) is 45.0. The molecule has 6 N–H and O–H groups in total. The molecule has 0 bridgehead atoms. The molecule has 2 saturated heterocycles. The van der Waals surface area contributed by atoms with Crippen molar-refractivity contribution in [2.75, 3.05) is 76.3 Å². The fourth-order valence-corrected chi connectivity index (χ4v) is 9.55. The van der Waals surface area contributed by atoms with Gasteiger partial charge in [-0.1, -0.05) is 38.5 Å². The van der Waals surface area contributed by atoms with Gasteiger partial charge in [0.25, 0.3) is 0 Å². The van der Waals surface area contributed by atoms with Crippen molar-refractivity contribution in [3.63, 3.8) is 0 Å². The maximum absolute atomic E-state index is 12.6. The Bertz CT molecular complexity index is 2800. The van der Waals surface area contributed by atoms with Gasteiger partial charge in [0.2, 0.25) is 11.8 Å². The number of imidazole rings is 4. The standard InChI is InChI=1S/C52H64N14O2/c1-63-21-25-65(26-22-63)37-15-19-41-45(31-37)61-51(59-41)35-13-17-39-43(29-35)57-47(55-39)33-53-49(67)11-9-7-5-3-4-6-8-10-12-50(68)54-34-48-56-40-18-14-36(30-44(40)58-48)52-60-42-20-16-38(32-46(42)62-52)66-27-23-64(2)24-28-66/h13-20,29-32H,3-12,21-28,33-34H2,1-2H3,(H,53,67)(H,54,68)(H,55,57)(H,56,58)(H,59,61)(H,60,62). The zero-order valence-corrected chi connectivity index (χ0v) is 39.5. The number of piperazine rings is 2. The Balaban J connectivity index is 0.582. The van der Waals surface area contributed by atoms with Gasteiger partial charge in [0.15, 0.2) is 0 Å². The molecular weight excluding hydrogens is 853 g/mol. The fraction of sp³-hybridized carbons (Fsp3) is 0.423. The van der Waals surface area contributed by atoms with Crippen LogP contribution >= 0.6 is 0 Å². The van der Waals surface area contributed by atoms with Gasteiger partial charge in [-0.05, 0) is 99.7 Å². The maximum Gasteiger partial charge on any atom is 0.220 e. The monoisotopic (exact) mass is 917 g/mol. The molecule has 2 fully saturated rings. The lowest BCUT2D eigenvalue weighted by Gasteiger charge is -2.34.